The summed E-state index contributed by atoms with van der Waals surface area (Å²) in [5.41, 5.74) is 1.44. The van der Waals surface area contributed by atoms with Gasteiger partial charge in [-0.3, -0.25) is 4.90 Å². The first-order valence-electron chi connectivity index (χ1n) is 5.96. The first kappa shape index (κ1) is 12.1. The van der Waals surface area contributed by atoms with Gasteiger partial charge >= 0.3 is 5.97 Å². The van der Waals surface area contributed by atoms with E-state index in [1.165, 1.54) is 0 Å². The Bertz CT molecular complexity index is 400. The van der Waals surface area contributed by atoms with Crippen molar-refractivity contribution in [3.05, 3.63) is 35.4 Å². The molecule has 1 aliphatic rings. The van der Waals surface area contributed by atoms with Crippen molar-refractivity contribution in [1.82, 2.24) is 10.2 Å². The topological polar surface area (TPSA) is 52.6 Å². The van der Waals surface area contributed by atoms with E-state index in [4.69, 9.17) is 5.11 Å². The van der Waals surface area contributed by atoms with Crippen molar-refractivity contribution in [3.63, 3.8) is 0 Å². The smallest absolute Gasteiger partial charge is 0.335 e. The third kappa shape index (κ3) is 2.84. The highest BCUT2D eigenvalue weighted by Gasteiger charge is 2.18. The van der Waals surface area contributed by atoms with Crippen LogP contribution in [0.15, 0.2) is 24.3 Å². The molecule has 0 spiro atoms. The number of hydrogen-bond acceptors (Lipinski definition) is 3. The molecule has 92 valence electrons. The Morgan fingerprint density at radius 2 is 2.12 bits per heavy atom. The van der Waals surface area contributed by atoms with Gasteiger partial charge in [-0.15, -0.1) is 0 Å². The molecule has 0 bridgehead atoms. The van der Waals surface area contributed by atoms with Crippen molar-refractivity contribution in [2.24, 2.45) is 0 Å². The van der Waals surface area contributed by atoms with Crippen LogP contribution in [0.1, 0.15) is 28.9 Å². The average molecular weight is 234 g/mol. The molecule has 0 radical (unpaired) electrons. The summed E-state index contributed by atoms with van der Waals surface area (Å²) in [4.78, 5) is 13.3. The van der Waals surface area contributed by atoms with Crippen LogP contribution in [-0.4, -0.2) is 42.2 Å². The predicted molar refractivity (Wildman–Crippen MR) is 66.3 cm³/mol. The minimum Gasteiger partial charge on any atom is -0.478 e. The molecule has 1 atom stereocenters. The highest BCUT2D eigenvalue weighted by molar-refractivity contribution is 5.87. The fraction of sp³-hybridized carbons (Fsp3) is 0.462. The second kappa shape index (κ2) is 5.29. The lowest BCUT2D eigenvalue weighted by molar-refractivity contribution is 0.0696. The van der Waals surface area contributed by atoms with Gasteiger partial charge in [-0.25, -0.2) is 4.79 Å². The van der Waals surface area contributed by atoms with Crippen LogP contribution in [0, 0.1) is 0 Å². The first-order chi connectivity index (χ1) is 8.18. The molecule has 4 heteroatoms. The molecule has 1 aliphatic heterocycles. The van der Waals surface area contributed by atoms with Gasteiger partial charge in [-0.2, -0.15) is 0 Å². The summed E-state index contributed by atoms with van der Waals surface area (Å²) < 4.78 is 0. The summed E-state index contributed by atoms with van der Waals surface area (Å²) in [6.07, 6.45) is 0. The van der Waals surface area contributed by atoms with E-state index in [-0.39, 0.29) is 6.04 Å². The van der Waals surface area contributed by atoms with Crippen LogP contribution < -0.4 is 5.32 Å². The number of nitrogens with zero attached hydrogens (tertiary/aromatic N) is 1. The van der Waals surface area contributed by atoms with E-state index in [2.05, 4.69) is 17.1 Å². The highest BCUT2D eigenvalue weighted by Crippen LogP contribution is 2.21. The first-order valence-corrected chi connectivity index (χ1v) is 5.96. The number of carbonyl (C=O) groups is 1. The number of aromatic carboxylic acids is 1. The number of carboxylic acids is 1. The zero-order valence-electron chi connectivity index (χ0n) is 10.0. The lowest BCUT2D eigenvalue weighted by Gasteiger charge is -2.33. The summed E-state index contributed by atoms with van der Waals surface area (Å²) in [6.45, 7) is 6.16. The van der Waals surface area contributed by atoms with Crippen LogP contribution in [0.5, 0.6) is 0 Å². The number of carboxylic acid groups (broad SMARTS) is 1. The quantitative estimate of drug-likeness (QED) is 0.829. The number of benzene rings is 1. The summed E-state index contributed by atoms with van der Waals surface area (Å²) in [6, 6.07) is 7.50. The standard InChI is InChI=1S/C13H18N2O2/c1-10(15-7-5-14-6-8-15)11-3-2-4-12(9-11)13(16)17/h2-4,9-10,14H,5-8H2,1H3,(H,16,17). The zero-order chi connectivity index (χ0) is 12.3. The van der Waals surface area contributed by atoms with Gasteiger partial charge in [0.15, 0.2) is 0 Å². The molecule has 17 heavy (non-hydrogen) atoms. The molecule has 2 N–H and O–H groups in total. The molecule has 1 heterocycles. The maximum Gasteiger partial charge on any atom is 0.335 e. The number of hydrogen-bond donors (Lipinski definition) is 2. The van der Waals surface area contributed by atoms with Crippen molar-refractivity contribution in [2.75, 3.05) is 26.2 Å². The minimum absolute atomic E-state index is 0.274. The number of nitrogens with one attached hydrogen (secondary N) is 1. The summed E-state index contributed by atoms with van der Waals surface area (Å²) >= 11 is 0. The van der Waals surface area contributed by atoms with Gasteiger partial charge in [0.25, 0.3) is 0 Å². The fourth-order valence-electron chi connectivity index (χ4n) is 2.21. The molecule has 1 saturated heterocycles. The maximum atomic E-state index is 10.9. The largest absolute Gasteiger partial charge is 0.478 e. The molecule has 0 aliphatic carbocycles. The maximum absolute atomic E-state index is 10.9. The van der Waals surface area contributed by atoms with E-state index in [1.54, 1.807) is 12.1 Å². The Hall–Kier alpha value is -1.39. The molecule has 4 nitrogen and oxygen atoms in total. The van der Waals surface area contributed by atoms with E-state index in [1.807, 2.05) is 12.1 Å². The molecule has 1 aromatic rings. The third-order valence-corrected chi connectivity index (χ3v) is 3.32. The fourth-order valence-corrected chi connectivity index (χ4v) is 2.21. The molecule has 0 saturated carbocycles. The lowest BCUT2D eigenvalue weighted by Crippen LogP contribution is -2.44. The Morgan fingerprint density at radius 3 is 2.76 bits per heavy atom. The van der Waals surface area contributed by atoms with E-state index in [9.17, 15) is 4.79 Å². The Morgan fingerprint density at radius 1 is 1.41 bits per heavy atom. The molecule has 0 aromatic heterocycles. The second-order valence-electron chi connectivity index (χ2n) is 4.39. The molecule has 1 fully saturated rings. The Balaban J connectivity index is 2.14. The van der Waals surface area contributed by atoms with Gasteiger partial charge in [-0.05, 0) is 24.6 Å². The van der Waals surface area contributed by atoms with Crippen molar-refractivity contribution >= 4 is 5.97 Å². The summed E-state index contributed by atoms with van der Waals surface area (Å²) in [7, 11) is 0. The van der Waals surface area contributed by atoms with Crippen molar-refractivity contribution in [3.8, 4) is 0 Å². The van der Waals surface area contributed by atoms with Crippen LogP contribution in [0.3, 0.4) is 0 Å². The third-order valence-electron chi connectivity index (χ3n) is 3.32. The van der Waals surface area contributed by atoms with Crippen LogP contribution in [0.25, 0.3) is 0 Å². The van der Waals surface area contributed by atoms with E-state index < -0.39 is 5.97 Å². The molecule has 1 aromatic carbocycles. The van der Waals surface area contributed by atoms with Gasteiger partial charge in [-0.1, -0.05) is 12.1 Å². The van der Waals surface area contributed by atoms with Crippen LogP contribution in [-0.2, 0) is 0 Å². The minimum atomic E-state index is -0.862. The lowest BCUT2D eigenvalue weighted by atomic mass is 10.0. The zero-order valence-corrected chi connectivity index (χ0v) is 10.0. The normalized spacial score (nSPS) is 18.9. The second-order valence-corrected chi connectivity index (χ2v) is 4.39. The van der Waals surface area contributed by atoms with Gasteiger partial charge in [0.1, 0.15) is 0 Å². The van der Waals surface area contributed by atoms with Gasteiger partial charge in [0, 0.05) is 32.2 Å². The molecular formula is C13H18N2O2. The SMILES string of the molecule is CC(c1cccc(C(=O)O)c1)N1CCNCC1. The Labute approximate surface area is 101 Å². The van der Waals surface area contributed by atoms with Gasteiger partial charge < -0.3 is 10.4 Å². The van der Waals surface area contributed by atoms with Crippen molar-refractivity contribution < 1.29 is 9.90 Å². The highest BCUT2D eigenvalue weighted by atomic mass is 16.4. The molecule has 1 unspecified atom stereocenters. The van der Waals surface area contributed by atoms with E-state index in [0.717, 1.165) is 31.7 Å². The monoisotopic (exact) mass is 234 g/mol. The van der Waals surface area contributed by atoms with Crippen molar-refractivity contribution in [1.29, 1.82) is 0 Å². The number of rotatable bonds is 3. The summed E-state index contributed by atoms with van der Waals surface area (Å²) in [5, 5.41) is 12.3. The molecule has 0 amide bonds. The van der Waals surface area contributed by atoms with E-state index >= 15 is 0 Å². The van der Waals surface area contributed by atoms with Gasteiger partial charge in [0.2, 0.25) is 0 Å². The van der Waals surface area contributed by atoms with Crippen LogP contribution >= 0.6 is 0 Å². The molecular weight excluding hydrogens is 216 g/mol. The van der Waals surface area contributed by atoms with Crippen LogP contribution in [0.2, 0.25) is 0 Å². The Kier molecular flexibility index (Phi) is 3.76. The van der Waals surface area contributed by atoms with Crippen molar-refractivity contribution in [2.45, 2.75) is 13.0 Å². The van der Waals surface area contributed by atoms with Gasteiger partial charge in [0.05, 0.1) is 5.56 Å². The van der Waals surface area contributed by atoms with Crippen LogP contribution in [0.4, 0.5) is 0 Å². The molecule has 2 rings (SSSR count). The van der Waals surface area contributed by atoms with E-state index in [0.29, 0.717) is 5.56 Å². The predicted octanol–water partition coefficient (Wildman–Crippen LogP) is 1.35. The number of piperazine rings is 1. The summed E-state index contributed by atoms with van der Waals surface area (Å²) in [5.74, 6) is -0.862. The average Bonchev–Trinajstić information content (AvgIpc) is 2.39.